The summed E-state index contributed by atoms with van der Waals surface area (Å²) in [4.78, 5) is 11.2. The fourth-order valence-electron chi connectivity index (χ4n) is 0.591. The first kappa shape index (κ1) is 25.2. The van der Waals surface area contributed by atoms with E-state index in [1.165, 1.54) is 0 Å². The topological polar surface area (TPSA) is 124 Å². The largest absolute Gasteiger partial charge is 0.662 e. The van der Waals surface area contributed by atoms with Crippen molar-refractivity contribution in [1.29, 1.82) is 0 Å². The molecule has 0 bridgehead atoms. The summed E-state index contributed by atoms with van der Waals surface area (Å²) in [5, 5.41) is 24.8. The van der Waals surface area contributed by atoms with Crippen molar-refractivity contribution < 1.29 is 33.6 Å². The molecule has 20 heavy (non-hydrogen) atoms. The van der Waals surface area contributed by atoms with Gasteiger partial charge in [0, 0.05) is 23.3 Å². The molecule has 2 N–H and O–H groups in total. The fraction of sp³-hybridized carbons (Fsp3) is 0.889. The molecule has 0 unspecified atom stereocenters. The minimum Gasteiger partial charge on any atom is -0.662 e. The number of hydrogen-bond donors (Lipinski definition) is 2. The van der Waals surface area contributed by atoms with Gasteiger partial charge in [0.2, 0.25) is 0 Å². The summed E-state index contributed by atoms with van der Waals surface area (Å²) >= 11 is 12.5. The highest BCUT2D eigenvalue weighted by Crippen LogP contribution is 1.99. The summed E-state index contributed by atoms with van der Waals surface area (Å²) in [5.41, 5.74) is 0. The zero-order valence-corrected chi connectivity index (χ0v) is 13.9. The molecular formula is C9H19Cl2O7S2-. The molecule has 0 radical (unpaired) electrons. The maximum atomic E-state index is 10.5. The van der Waals surface area contributed by atoms with Gasteiger partial charge in [0.05, 0.1) is 24.7 Å². The van der Waals surface area contributed by atoms with Crippen LogP contribution in [0.2, 0.25) is 0 Å². The number of rotatable bonds is 9. The van der Waals surface area contributed by atoms with Crippen molar-refractivity contribution in [2.45, 2.75) is 0 Å². The van der Waals surface area contributed by atoms with Gasteiger partial charge in [-0.1, -0.05) is 0 Å². The molecule has 124 valence electrons. The fourth-order valence-corrected chi connectivity index (χ4v) is 2.43. The zero-order chi connectivity index (χ0) is 16.3. The van der Waals surface area contributed by atoms with Crippen LogP contribution in [-0.2, 0) is 19.5 Å². The Bertz CT molecular complexity index is 259. The molecule has 0 aromatic heterocycles. The zero-order valence-electron chi connectivity index (χ0n) is 10.7. The number of carbonyl (C=O) groups is 1. The first-order valence-corrected chi connectivity index (χ1v) is 9.34. The standard InChI is InChI=1S/C4H8Cl2S.C4H10O4S.CH2O3/c5-1-3-7-4-2-6;5-1-3-9(7,8)4-2-6;2-1-4-3/h1-4H2;5-6H,1-4H2;1,3H/p-1. The van der Waals surface area contributed by atoms with Crippen molar-refractivity contribution >= 4 is 51.3 Å². The number of aliphatic hydroxyl groups excluding tert-OH is 2. The Balaban J connectivity index is -0.000000234. The summed E-state index contributed by atoms with van der Waals surface area (Å²) in [5.74, 6) is 3.01. The predicted molar refractivity (Wildman–Crippen MR) is 78.7 cm³/mol. The molecule has 0 atom stereocenters. The Morgan fingerprint density at radius 2 is 1.45 bits per heavy atom. The second-order valence-electron chi connectivity index (χ2n) is 2.78. The van der Waals surface area contributed by atoms with E-state index < -0.39 is 9.84 Å². The lowest BCUT2D eigenvalue weighted by Gasteiger charge is -1.96. The van der Waals surface area contributed by atoms with Gasteiger partial charge in [-0.3, -0.25) is 4.79 Å². The number of halogens is 2. The second kappa shape index (κ2) is 21.5. The summed E-state index contributed by atoms with van der Waals surface area (Å²) in [6, 6.07) is 0. The van der Waals surface area contributed by atoms with Gasteiger partial charge in [-0.25, -0.2) is 8.42 Å². The van der Waals surface area contributed by atoms with E-state index in [9.17, 15) is 8.42 Å². The van der Waals surface area contributed by atoms with Crippen molar-refractivity contribution in [3.05, 3.63) is 0 Å². The summed E-state index contributed by atoms with van der Waals surface area (Å²) < 4.78 is 21.0. The molecule has 0 aromatic carbocycles. The van der Waals surface area contributed by atoms with Crippen molar-refractivity contribution in [2.75, 3.05) is 48.0 Å². The third-order valence-electron chi connectivity index (χ3n) is 1.29. The highest BCUT2D eigenvalue weighted by Gasteiger charge is 2.06. The monoisotopic (exact) mass is 373 g/mol. The van der Waals surface area contributed by atoms with Crippen LogP contribution < -0.4 is 5.26 Å². The molecule has 0 saturated heterocycles. The third kappa shape index (κ3) is 30.9. The van der Waals surface area contributed by atoms with E-state index in [4.69, 9.17) is 43.5 Å². The maximum Gasteiger partial charge on any atom is 0.287 e. The smallest absolute Gasteiger partial charge is 0.287 e. The van der Waals surface area contributed by atoms with Gasteiger partial charge in [0.1, 0.15) is 0 Å². The van der Waals surface area contributed by atoms with Gasteiger partial charge in [-0.15, -0.1) is 23.2 Å². The third-order valence-corrected chi connectivity index (χ3v) is 4.71. The highest BCUT2D eigenvalue weighted by molar-refractivity contribution is 7.99. The Morgan fingerprint density at radius 3 is 1.65 bits per heavy atom. The number of carbonyl (C=O) groups excluding carboxylic acids is 1. The van der Waals surface area contributed by atoms with Crippen LogP contribution in [0.15, 0.2) is 0 Å². The van der Waals surface area contributed by atoms with E-state index in [-0.39, 0.29) is 31.2 Å². The van der Waals surface area contributed by atoms with Crippen LogP contribution in [0.25, 0.3) is 0 Å². The molecule has 0 aliphatic heterocycles. The molecule has 0 amide bonds. The lowest BCUT2D eigenvalue weighted by atomic mass is 10.9. The first-order chi connectivity index (χ1) is 9.45. The van der Waals surface area contributed by atoms with Crippen molar-refractivity contribution in [3.8, 4) is 0 Å². The average Bonchev–Trinajstić information content (AvgIpc) is 2.40. The number of aliphatic hydroxyl groups is 2. The van der Waals surface area contributed by atoms with E-state index >= 15 is 0 Å². The van der Waals surface area contributed by atoms with E-state index in [2.05, 4.69) is 4.89 Å². The number of alkyl halides is 2. The van der Waals surface area contributed by atoms with E-state index in [1.807, 2.05) is 0 Å². The molecule has 7 nitrogen and oxygen atoms in total. The Labute approximate surface area is 133 Å². The van der Waals surface area contributed by atoms with Crippen molar-refractivity contribution in [1.82, 2.24) is 0 Å². The molecule has 11 heteroatoms. The van der Waals surface area contributed by atoms with Crippen molar-refractivity contribution in [3.63, 3.8) is 0 Å². The van der Waals surface area contributed by atoms with Crippen LogP contribution in [0, 0.1) is 0 Å². The average molecular weight is 374 g/mol. The molecule has 0 aliphatic carbocycles. The normalized spacial score (nSPS) is 9.65. The Morgan fingerprint density at radius 1 is 1.10 bits per heavy atom. The molecule has 0 rings (SSSR count). The lowest BCUT2D eigenvalue weighted by Crippen LogP contribution is -2.15. The van der Waals surface area contributed by atoms with Crippen LogP contribution >= 0.6 is 35.0 Å². The molecule has 0 heterocycles. The Kier molecular flexibility index (Phi) is 27.1. The van der Waals surface area contributed by atoms with Crippen molar-refractivity contribution in [2.24, 2.45) is 0 Å². The summed E-state index contributed by atoms with van der Waals surface area (Å²) in [6.07, 6.45) is 0. The quantitative estimate of drug-likeness (QED) is 0.173. The van der Waals surface area contributed by atoms with Crippen LogP contribution in [0.3, 0.4) is 0 Å². The van der Waals surface area contributed by atoms with Gasteiger partial charge >= 0.3 is 0 Å². The van der Waals surface area contributed by atoms with E-state index in [0.717, 1.165) is 23.3 Å². The summed E-state index contributed by atoms with van der Waals surface area (Å²) in [6.45, 7) is -0.926. The minimum absolute atomic E-state index is 0.181. The second-order valence-corrected chi connectivity index (χ2v) is 7.07. The number of thioether (sulfide) groups is 1. The first-order valence-electron chi connectivity index (χ1n) is 5.29. The molecule has 0 fully saturated rings. The van der Waals surface area contributed by atoms with Crippen LogP contribution in [0.1, 0.15) is 0 Å². The van der Waals surface area contributed by atoms with Crippen LogP contribution in [0.5, 0.6) is 0 Å². The molecule has 0 aliphatic rings. The van der Waals surface area contributed by atoms with Crippen LogP contribution in [-0.4, -0.2) is 73.1 Å². The number of sulfone groups is 1. The van der Waals surface area contributed by atoms with Gasteiger partial charge in [0.25, 0.3) is 6.47 Å². The molecule has 0 saturated carbocycles. The summed E-state index contributed by atoms with van der Waals surface area (Å²) in [7, 11) is -3.18. The van der Waals surface area contributed by atoms with Crippen LogP contribution in [0.4, 0.5) is 0 Å². The SMILES string of the molecule is ClCCSCCCl.O=CO[O-].O=S(=O)(CCO)CCO. The van der Waals surface area contributed by atoms with E-state index in [1.54, 1.807) is 11.8 Å². The highest BCUT2D eigenvalue weighted by atomic mass is 35.5. The number of hydrogen-bond acceptors (Lipinski definition) is 8. The predicted octanol–water partition coefficient (Wildman–Crippen LogP) is -0.982. The van der Waals surface area contributed by atoms with E-state index in [0.29, 0.717) is 0 Å². The van der Waals surface area contributed by atoms with Gasteiger partial charge in [-0.2, -0.15) is 11.8 Å². The molecular weight excluding hydrogens is 355 g/mol. The molecule has 0 spiro atoms. The minimum atomic E-state index is -3.18. The Hall–Kier alpha value is 0.230. The van der Waals surface area contributed by atoms with Gasteiger partial charge in [-0.05, 0) is 0 Å². The van der Waals surface area contributed by atoms with Gasteiger partial charge < -0.3 is 20.4 Å². The lowest BCUT2D eigenvalue weighted by molar-refractivity contribution is -0.652. The molecule has 0 aromatic rings. The maximum absolute atomic E-state index is 10.5. The van der Waals surface area contributed by atoms with Gasteiger partial charge in [0.15, 0.2) is 9.84 Å².